The number of carboxylic acids is 1. The minimum atomic E-state index is -0.997. The Labute approximate surface area is 123 Å². The number of aromatic carboxylic acids is 1. The second-order valence-corrected chi connectivity index (χ2v) is 5.36. The fourth-order valence-corrected chi connectivity index (χ4v) is 2.78. The number of nitrogens with one attached hydrogen (secondary N) is 1. The zero-order valence-electron chi connectivity index (χ0n) is 11.9. The molecule has 0 aliphatic carbocycles. The number of carboxylic acid groups (broad SMARTS) is 1. The molecule has 5 nitrogen and oxygen atoms in total. The van der Waals surface area contributed by atoms with Crippen LogP contribution >= 0.6 is 0 Å². The Morgan fingerprint density at radius 2 is 2.05 bits per heavy atom. The summed E-state index contributed by atoms with van der Waals surface area (Å²) < 4.78 is 0. The number of likely N-dealkylation sites (tertiary alicyclic amines) is 1. The van der Waals surface area contributed by atoms with Crippen molar-refractivity contribution in [3.8, 4) is 0 Å². The molecule has 2 aromatic rings. The molecule has 1 fully saturated rings. The number of benzene rings is 1. The van der Waals surface area contributed by atoms with Crippen molar-refractivity contribution in [2.75, 3.05) is 31.5 Å². The van der Waals surface area contributed by atoms with Gasteiger partial charge in [0.05, 0.1) is 0 Å². The summed E-state index contributed by atoms with van der Waals surface area (Å²) in [6.07, 6.45) is 2.55. The first kappa shape index (κ1) is 13.8. The lowest BCUT2D eigenvalue weighted by atomic mass is 10.1. The van der Waals surface area contributed by atoms with Crippen LogP contribution in [-0.2, 0) is 0 Å². The topological polar surface area (TPSA) is 65.5 Å². The highest BCUT2D eigenvalue weighted by Crippen LogP contribution is 2.22. The molecule has 21 heavy (non-hydrogen) atoms. The van der Waals surface area contributed by atoms with Gasteiger partial charge < -0.3 is 15.3 Å². The maximum Gasteiger partial charge on any atom is 0.354 e. The molecular weight excluding hydrogens is 266 g/mol. The van der Waals surface area contributed by atoms with E-state index in [1.165, 1.54) is 12.8 Å². The average molecular weight is 285 g/mol. The van der Waals surface area contributed by atoms with Gasteiger partial charge in [-0.25, -0.2) is 9.78 Å². The molecule has 1 saturated heterocycles. The summed E-state index contributed by atoms with van der Waals surface area (Å²) in [6.45, 7) is 4.06. The maximum atomic E-state index is 11.2. The fourth-order valence-electron chi connectivity index (χ4n) is 2.78. The Morgan fingerprint density at radius 3 is 2.81 bits per heavy atom. The first-order valence-electron chi connectivity index (χ1n) is 7.33. The van der Waals surface area contributed by atoms with Crippen LogP contribution in [0.5, 0.6) is 0 Å². The van der Waals surface area contributed by atoms with Gasteiger partial charge in [-0.1, -0.05) is 24.3 Å². The van der Waals surface area contributed by atoms with Crippen molar-refractivity contribution >= 4 is 22.6 Å². The molecule has 0 unspecified atom stereocenters. The number of rotatable bonds is 5. The summed E-state index contributed by atoms with van der Waals surface area (Å²) in [5.74, 6) is -0.340. The summed E-state index contributed by atoms with van der Waals surface area (Å²) in [7, 11) is 0. The minimum Gasteiger partial charge on any atom is -0.477 e. The Kier molecular flexibility index (Phi) is 4.01. The van der Waals surface area contributed by atoms with Gasteiger partial charge in [0.15, 0.2) is 5.69 Å². The number of hydrogen-bond acceptors (Lipinski definition) is 4. The normalized spacial score (nSPS) is 15.4. The Hall–Kier alpha value is -2.14. The van der Waals surface area contributed by atoms with Crippen molar-refractivity contribution in [1.82, 2.24) is 9.88 Å². The van der Waals surface area contributed by atoms with Crippen molar-refractivity contribution in [1.29, 1.82) is 0 Å². The lowest BCUT2D eigenvalue weighted by Gasteiger charge is -2.16. The number of fused-ring (bicyclic) bond motifs is 1. The number of nitrogens with zero attached hydrogens (tertiary/aromatic N) is 2. The van der Waals surface area contributed by atoms with Gasteiger partial charge in [-0.05, 0) is 37.4 Å². The van der Waals surface area contributed by atoms with Crippen LogP contribution in [0.3, 0.4) is 0 Å². The van der Waals surface area contributed by atoms with E-state index < -0.39 is 5.97 Å². The van der Waals surface area contributed by atoms with E-state index >= 15 is 0 Å². The monoisotopic (exact) mass is 285 g/mol. The third kappa shape index (κ3) is 3.13. The molecule has 0 amide bonds. The predicted molar refractivity (Wildman–Crippen MR) is 82.9 cm³/mol. The van der Waals surface area contributed by atoms with Gasteiger partial charge in [-0.2, -0.15) is 0 Å². The zero-order valence-corrected chi connectivity index (χ0v) is 11.9. The summed E-state index contributed by atoms with van der Waals surface area (Å²) >= 11 is 0. The lowest BCUT2D eigenvalue weighted by Crippen LogP contribution is -2.26. The third-order valence-electron chi connectivity index (χ3n) is 3.88. The SMILES string of the molecule is O=C(O)c1cc2ccccc2c(NCCN2CCCC2)n1. The number of carbonyl (C=O) groups is 1. The molecule has 0 spiro atoms. The fraction of sp³-hybridized carbons (Fsp3) is 0.375. The molecule has 1 aliphatic heterocycles. The highest BCUT2D eigenvalue weighted by Gasteiger charge is 2.13. The molecule has 0 atom stereocenters. The van der Waals surface area contributed by atoms with Gasteiger partial charge in [-0.15, -0.1) is 0 Å². The highest BCUT2D eigenvalue weighted by molar-refractivity contribution is 5.97. The Balaban J connectivity index is 1.80. The van der Waals surface area contributed by atoms with E-state index in [9.17, 15) is 4.79 Å². The molecule has 1 aromatic carbocycles. The van der Waals surface area contributed by atoms with Crippen molar-refractivity contribution in [3.05, 3.63) is 36.0 Å². The minimum absolute atomic E-state index is 0.0809. The highest BCUT2D eigenvalue weighted by atomic mass is 16.4. The van der Waals surface area contributed by atoms with E-state index in [0.717, 1.165) is 37.0 Å². The summed E-state index contributed by atoms with van der Waals surface area (Å²) in [5, 5.41) is 14.3. The Morgan fingerprint density at radius 1 is 1.29 bits per heavy atom. The summed E-state index contributed by atoms with van der Waals surface area (Å²) in [4.78, 5) is 17.8. The van der Waals surface area contributed by atoms with Gasteiger partial charge >= 0.3 is 5.97 Å². The second-order valence-electron chi connectivity index (χ2n) is 5.36. The smallest absolute Gasteiger partial charge is 0.354 e. The summed E-state index contributed by atoms with van der Waals surface area (Å²) in [6, 6.07) is 9.34. The number of anilines is 1. The standard InChI is InChI=1S/C16H19N3O2/c20-16(21)14-11-12-5-1-2-6-13(12)15(18-14)17-7-10-19-8-3-4-9-19/h1-2,5-6,11H,3-4,7-10H2,(H,17,18)(H,20,21). The van der Waals surface area contributed by atoms with Crippen molar-refractivity contribution in [2.45, 2.75) is 12.8 Å². The van der Waals surface area contributed by atoms with Crippen molar-refractivity contribution in [3.63, 3.8) is 0 Å². The molecule has 1 aromatic heterocycles. The molecule has 1 aliphatic rings. The summed E-state index contributed by atoms with van der Waals surface area (Å²) in [5.41, 5.74) is 0.0809. The van der Waals surface area contributed by atoms with E-state index in [4.69, 9.17) is 5.11 Å². The van der Waals surface area contributed by atoms with Crippen LogP contribution < -0.4 is 5.32 Å². The van der Waals surface area contributed by atoms with Gasteiger partial charge in [-0.3, -0.25) is 0 Å². The molecule has 2 N–H and O–H groups in total. The van der Waals surface area contributed by atoms with Gasteiger partial charge in [0, 0.05) is 18.5 Å². The lowest BCUT2D eigenvalue weighted by molar-refractivity contribution is 0.0691. The van der Waals surface area contributed by atoms with Crippen LogP contribution in [0.25, 0.3) is 10.8 Å². The molecule has 3 rings (SSSR count). The van der Waals surface area contributed by atoms with E-state index in [0.29, 0.717) is 5.82 Å². The molecule has 2 heterocycles. The van der Waals surface area contributed by atoms with Crippen LogP contribution in [0.1, 0.15) is 23.3 Å². The second kappa shape index (κ2) is 6.10. The largest absolute Gasteiger partial charge is 0.477 e. The number of aromatic nitrogens is 1. The number of pyridine rings is 1. The first-order chi connectivity index (χ1) is 10.2. The van der Waals surface area contributed by atoms with Gasteiger partial charge in [0.25, 0.3) is 0 Å². The van der Waals surface area contributed by atoms with Crippen LogP contribution in [0.15, 0.2) is 30.3 Å². The molecule has 5 heteroatoms. The van der Waals surface area contributed by atoms with Crippen LogP contribution in [0.4, 0.5) is 5.82 Å². The van der Waals surface area contributed by atoms with E-state index in [2.05, 4.69) is 15.2 Å². The van der Waals surface area contributed by atoms with Crippen LogP contribution in [0.2, 0.25) is 0 Å². The van der Waals surface area contributed by atoms with Crippen LogP contribution in [0, 0.1) is 0 Å². The van der Waals surface area contributed by atoms with E-state index in [1.54, 1.807) is 6.07 Å². The maximum absolute atomic E-state index is 11.2. The van der Waals surface area contributed by atoms with E-state index in [-0.39, 0.29) is 5.69 Å². The van der Waals surface area contributed by atoms with E-state index in [1.807, 2.05) is 24.3 Å². The van der Waals surface area contributed by atoms with Crippen molar-refractivity contribution < 1.29 is 9.90 Å². The van der Waals surface area contributed by atoms with Gasteiger partial charge in [0.2, 0.25) is 0 Å². The first-order valence-corrected chi connectivity index (χ1v) is 7.33. The molecule has 0 saturated carbocycles. The van der Waals surface area contributed by atoms with Crippen molar-refractivity contribution in [2.24, 2.45) is 0 Å². The molecule has 110 valence electrons. The van der Waals surface area contributed by atoms with Crippen LogP contribution in [-0.4, -0.2) is 47.1 Å². The molecule has 0 radical (unpaired) electrons. The average Bonchev–Trinajstić information content (AvgIpc) is 3.00. The Bertz CT molecular complexity index is 651. The van der Waals surface area contributed by atoms with Gasteiger partial charge in [0.1, 0.15) is 5.82 Å². The third-order valence-corrected chi connectivity index (χ3v) is 3.88. The predicted octanol–water partition coefficient (Wildman–Crippen LogP) is 2.44. The number of hydrogen-bond donors (Lipinski definition) is 2. The molecular formula is C16H19N3O2. The zero-order chi connectivity index (χ0) is 14.7. The molecule has 0 bridgehead atoms. The quantitative estimate of drug-likeness (QED) is 0.883.